The zero-order valence-corrected chi connectivity index (χ0v) is 14.9. The lowest BCUT2D eigenvalue weighted by Gasteiger charge is -2.31. The molecule has 1 saturated heterocycles. The maximum Gasteiger partial charge on any atom is 0.171 e. The molecule has 0 bridgehead atoms. The number of nitrogens with zero attached hydrogens (tertiary/aromatic N) is 2. The Balaban J connectivity index is 1.51. The molecule has 0 unspecified atom stereocenters. The lowest BCUT2D eigenvalue weighted by Crippen LogP contribution is -2.34. The minimum absolute atomic E-state index is 0.611. The van der Waals surface area contributed by atoms with Gasteiger partial charge in [0.05, 0.1) is 11.9 Å². The summed E-state index contributed by atoms with van der Waals surface area (Å²) in [6.45, 7) is 5.21. The highest BCUT2D eigenvalue weighted by molar-refractivity contribution is 7.80. The van der Waals surface area contributed by atoms with Gasteiger partial charge >= 0.3 is 0 Å². The summed E-state index contributed by atoms with van der Waals surface area (Å²) in [5, 5.41) is 7.01. The quantitative estimate of drug-likeness (QED) is 0.829. The molecule has 0 spiro atoms. The predicted molar refractivity (Wildman–Crippen MR) is 104 cm³/mol. The normalized spacial score (nSPS) is 17.4. The van der Waals surface area contributed by atoms with Crippen LogP contribution in [0.4, 0.5) is 11.5 Å². The highest BCUT2D eigenvalue weighted by Crippen LogP contribution is 2.22. The second-order valence-corrected chi connectivity index (χ2v) is 6.80. The summed E-state index contributed by atoms with van der Waals surface area (Å²) in [5.41, 5.74) is 2.11. The SMILES string of the molecule is C[C@H]1CCCN(c2ccc(NC(=S)NCc3ccccc3)cn2)C1. The van der Waals surface area contributed by atoms with Crippen molar-refractivity contribution < 1.29 is 0 Å². The Kier molecular flexibility index (Phi) is 5.64. The summed E-state index contributed by atoms with van der Waals surface area (Å²) in [7, 11) is 0. The molecule has 1 aliphatic heterocycles. The summed E-state index contributed by atoms with van der Waals surface area (Å²) in [4.78, 5) is 6.95. The third-order valence-electron chi connectivity index (χ3n) is 4.28. The molecule has 1 aliphatic rings. The Morgan fingerprint density at radius 2 is 2.08 bits per heavy atom. The number of piperidine rings is 1. The molecule has 2 N–H and O–H groups in total. The molecular formula is C19H24N4S. The first-order valence-corrected chi connectivity index (χ1v) is 8.91. The predicted octanol–water partition coefficient (Wildman–Crippen LogP) is 3.80. The number of rotatable bonds is 4. The lowest BCUT2D eigenvalue weighted by atomic mass is 10.0. The number of hydrogen-bond acceptors (Lipinski definition) is 3. The molecule has 126 valence electrons. The number of anilines is 2. The molecule has 1 aromatic heterocycles. The van der Waals surface area contributed by atoms with Crippen LogP contribution in [0.1, 0.15) is 25.3 Å². The first-order valence-electron chi connectivity index (χ1n) is 8.50. The van der Waals surface area contributed by atoms with Gasteiger partial charge in [0, 0.05) is 19.6 Å². The van der Waals surface area contributed by atoms with Crippen LogP contribution in [0.15, 0.2) is 48.7 Å². The van der Waals surface area contributed by atoms with Crippen LogP contribution >= 0.6 is 12.2 Å². The van der Waals surface area contributed by atoms with E-state index in [1.807, 2.05) is 30.5 Å². The number of hydrogen-bond donors (Lipinski definition) is 2. The van der Waals surface area contributed by atoms with Gasteiger partial charge in [0.15, 0.2) is 5.11 Å². The fourth-order valence-corrected chi connectivity index (χ4v) is 3.19. The molecular weight excluding hydrogens is 316 g/mol. The van der Waals surface area contributed by atoms with Crippen LogP contribution in [0.5, 0.6) is 0 Å². The molecule has 1 fully saturated rings. The van der Waals surface area contributed by atoms with E-state index in [0.29, 0.717) is 11.7 Å². The van der Waals surface area contributed by atoms with Gasteiger partial charge in [-0.2, -0.15) is 0 Å². The van der Waals surface area contributed by atoms with E-state index < -0.39 is 0 Å². The van der Waals surface area contributed by atoms with Gasteiger partial charge in [-0.1, -0.05) is 37.3 Å². The Bertz CT molecular complexity index is 657. The Morgan fingerprint density at radius 1 is 1.25 bits per heavy atom. The van der Waals surface area contributed by atoms with Crippen LogP contribution in [0.2, 0.25) is 0 Å². The topological polar surface area (TPSA) is 40.2 Å². The molecule has 24 heavy (non-hydrogen) atoms. The third-order valence-corrected chi connectivity index (χ3v) is 4.53. The van der Waals surface area contributed by atoms with Crippen molar-refractivity contribution in [2.45, 2.75) is 26.3 Å². The van der Waals surface area contributed by atoms with Gasteiger partial charge in [-0.25, -0.2) is 4.98 Å². The molecule has 3 rings (SSSR count). The van der Waals surface area contributed by atoms with E-state index >= 15 is 0 Å². The molecule has 0 aliphatic carbocycles. The average molecular weight is 340 g/mol. The van der Waals surface area contributed by atoms with E-state index in [9.17, 15) is 0 Å². The fraction of sp³-hybridized carbons (Fsp3) is 0.368. The van der Waals surface area contributed by atoms with Gasteiger partial charge in [-0.05, 0) is 48.7 Å². The van der Waals surface area contributed by atoms with Crippen molar-refractivity contribution in [3.8, 4) is 0 Å². The highest BCUT2D eigenvalue weighted by atomic mass is 32.1. The number of thiocarbonyl (C=S) groups is 1. The third kappa shape index (κ3) is 4.68. The van der Waals surface area contributed by atoms with E-state index in [2.05, 4.69) is 45.6 Å². The largest absolute Gasteiger partial charge is 0.358 e. The van der Waals surface area contributed by atoms with E-state index in [4.69, 9.17) is 12.2 Å². The van der Waals surface area contributed by atoms with Gasteiger partial charge in [0.25, 0.3) is 0 Å². The molecule has 0 saturated carbocycles. The second-order valence-electron chi connectivity index (χ2n) is 6.39. The number of nitrogens with one attached hydrogen (secondary N) is 2. The Labute approximate surface area is 149 Å². The second kappa shape index (κ2) is 8.11. The Hall–Kier alpha value is -2.14. The monoisotopic (exact) mass is 340 g/mol. The minimum Gasteiger partial charge on any atom is -0.358 e. The maximum atomic E-state index is 5.35. The van der Waals surface area contributed by atoms with Crippen LogP contribution in [0, 0.1) is 5.92 Å². The van der Waals surface area contributed by atoms with Gasteiger partial charge in [0.2, 0.25) is 0 Å². The summed E-state index contributed by atoms with van der Waals surface area (Å²) < 4.78 is 0. The summed E-state index contributed by atoms with van der Waals surface area (Å²) in [5.74, 6) is 1.79. The fourth-order valence-electron chi connectivity index (χ4n) is 3.00. The van der Waals surface area contributed by atoms with Gasteiger partial charge in [-0.15, -0.1) is 0 Å². The van der Waals surface area contributed by atoms with Crippen molar-refractivity contribution in [1.29, 1.82) is 0 Å². The van der Waals surface area contributed by atoms with E-state index in [1.165, 1.54) is 18.4 Å². The van der Waals surface area contributed by atoms with Crippen molar-refractivity contribution in [3.05, 3.63) is 54.2 Å². The van der Waals surface area contributed by atoms with Crippen molar-refractivity contribution in [2.75, 3.05) is 23.3 Å². The molecule has 2 heterocycles. The number of benzene rings is 1. The maximum absolute atomic E-state index is 5.35. The average Bonchev–Trinajstić information content (AvgIpc) is 2.61. The van der Waals surface area contributed by atoms with Crippen LogP contribution < -0.4 is 15.5 Å². The van der Waals surface area contributed by atoms with E-state index in [1.54, 1.807) is 0 Å². The summed E-state index contributed by atoms with van der Waals surface area (Å²) in [6.07, 6.45) is 4.42. The molecule has 1 atom stereocenters. The van der Waals surface area contributed by atoms with Crippen LogP contribution in [-0.4, -0.2) is 23.2 Å². The van der Waals surface area contributed by atoms with E-state index in [-0.39, 0.29) is 0 Å². The standard InChI is InChI=1S/C19H24N4S/c1-15-6-5-11-23(14-15)18-10-9-17(13-20-18)22-19(24)21-12-16-7-3-2-4-8-16/h2-4,7-10,13,15H,5-6,11-12,14H2,1H3,(H2,21,22,24)/t15-/m0/s1. The van der Waals surface area contributed by atoms with Crippen molar-refractivity contribution in [2.24, 2.45) is 5.92 Å². The van der Waals surface area contributed by atoms with Crippen molar-refractivity contribution in [1.82, 2.24) is 10.3 Å². The summed E-state index contributed by atoms with van der Waals surface area (Å²) >= 11 is 5.35. The van der Waals surface area contributed by atoms with Gasteiger partial charge in [-0.3, -0.25) is 0 Å². The number of aromatic nitrogens is 1. The van der Waals surface area contributed by atoms with Crippen LogP contribution in [-0.2, 0) is 6.54 Å². The molecule has 0 radical (unpaired) electrons. The Morgan fingerprint density at radius 3 is 2.79 bits per heavy atom. The number of pyridine rings is 1. The minimum atomic E-state index is 0.611. The summed E-state index contributed by atoms with van der Waals surface area (Å²) in [6, 6.07) is 14.3. The first kappa shape index (κ1) is 16.7. The smallest absolute Gasteiger partial charge is 0.171 e. The van der Waals surface area contributed by atoms with Crippen LogP contribution in [0.3, 0.4) is 0 Å². The molecule has 4 nitrogen and oxygen atoms in total. The molecule has 0 amide bonds. The molecule has 2 aromatic rings. The van der Waals surface area contributed by atoms with Crippen molar-refractivity contribution in [3.63, 3.8) is 0 Å². The zero-order valence-electron chi connectivity index (χ0n) is 14.0. The van der Waals surface area contributed by atoms with Crippen LogP contribution in [0.25, 0.3) is 0 Å². The first-order chi connectivity index (χ1) is 11.7. The highest BCUT2D eigenvalue weighted by Gasteiger charge is 2.17. The van der Waals surface area contributed by atoms with Crippen molar-refractivity contribution >= 4 is 28.8 Å². The van der Waals surface area contributed by atoms with E-state index in [0.717, 1.165) is 30.5 Å². The van der Waals surface area contributed by atoms with Gasteiger partial charge < -0.3 is 15.5 Å². The lowest BCUT2D eigenvalue weighted by molar-refractivity contribution is 0.444. The van der Waals surface area contributed by atoms with Gasteiger partial charge in [0.1, 0.15) is 5.82 Å². The molecule has 5 heteroatoms. The zero-order chi connectivity index (χ0) is 16.8. The molecule has 1 aromatic carbocycles.